The molecule has 1 heterocycles. The van der Waals surface area contributed by atoms with Crippen LogP contribution in [0.2, 0.25) is 0 Å². The largest absolute Gasteiger partial charge is 0.383 e. The number of hydrogen-bond acceptors (Lipinski definition) is 8. The van der Waals surface area contributed by atoms with Crippen LogP contribution in [-0.2, 0) is 26.1 Å². The van der Waals surface area contributed by atoms with Crippen LogP contribution in [0, 0.1) is 0 Å². The third-order valence-corrected chi connectivity index (χ3v) is 8.63. The topological polar surface area (TPSA) is 123 Å². The highest BCUT2D eigenvalue weighted by Crippen LogP contribution is 2.24. The summed E-state index contributed by atoms with van der Waals surface area (Å²) in [5.41, 5.74) is 8.55. The minimum Gasteiger partial charge on any atom is -0.383 e. The summed E-state index contributed by atoms with van der Waals surface area (Å²) < 4.78 is 49.5. The van der Waals surface area contributed by atoms with E-state index in [2.05, 4.69) is 9.97 Å². The Balaban J connectivity index is 1.50. The van der Waals surface area contributed by atoms with E-state index in [0.29, 0.717) is 18.9 Å². The first-order chi connectivity index (χ1) is 17.1. The van der Waals surface area contributed by atoms with Gasteiger partial charge in [0.2, 0.25) is 9.84 Å². The average Bonchev–Trinajstić information content (AvgIpc) is 2.86. The molecule has 0 amide bonds. The van der Waals surface area contributed by atoms with E-state index in [9.17, 15) is 16.8 Å². The van der Waals surface area contributed by atoms with Gasteiger partial charge < -0.3 is 10.6 Å². The van der Waals surface area contributed by atoms with Crippen molar-refractivity contribution in [2.24, 2.45) is 0 Å². The van der Waals surface area contributed by atoms with E-state index < -0.39 is 19.7 Å². The van der Waals surface area contributed by atoms with Crippen molar-refractivity contribution < 1.29 is 16.8 Å². The summed E-state index contributed by atoms with van der Waals surface area (Å²) in [6.07, 6.45) is 4.18. The van der Waals surface area contributed by atoms with Gasteiger partial charge in [0.05, 0.1) is 21.1 Å². The van der Waals surface area contributed by atoms with Crippen molar-refractivity contribution in [1.29, 1.82) is 0 Å². The number of anilines is 2. The van der Waals surface area contributed by atoms with Gasteiger partial charge in [-0.15, -0.1) is 0 Å². The Hall–Kier alpha value is -3.50. The third kappa shape index (κ3) is 6.19. The van der Waals surface area contributed by atoms with Crippen LogP contribution in [0.3, 0.4) is 0 Å². The lowest BCUT2D eigenvalue weighted by atomic mass is 10.1. The van der Waals surface area contributed by atoms with Crippen molar-refractivity contribution in [3.63, 3.8) is 0 Å². The van der Waals surface area contributed by atoms with E-state index >= 15 is 0 Å². The zero-order chi connectivity index (χ0) is 25.8. The molecule has 8 nitrogen and oxygen atoms in total. The van der Waals surface area contributed by atoms with Gasteiger partial charge in [-0.1, -0.05) is 24.3 Å². The molecule has 0 bridgehead atoms. The summed E-state index contributed by atoms with van der Waals surface area (Å²) in [7, 11) is -6.79. The van der Waals surface area contributed by atoms with Gasteiger partial charge in [0.15, 0.2) is 0 Å². The minimum atomic E-state index is -3.62. The van der Waals surface area contributed by atoms with Gasteiger partial charge in [0, 0.05) is 30.4 Å². The van der Waals surface area contributed by atoms with E-state index in [4.69, 9.17) is 5.73 Å². The third-order valence-electron chi connectivity index (χ3n) is 5.92. The lowest BCUT2D eigenvalue weighted by Gasteiger charge is -2.25. The Morgan fingerprint density at radius 3 is 2.22 bits per heavy atom. The number of fused-ring (bicyclic) bond motifs is 1. The second-order valence-corrected chi connectivity index (χ2v) is 12.9. The SMILES string of the molecule is CS(=O)(=O)CCN(CCCc1ccc2c(N)ncnc2c1)c1ccc(S(=O)(=O)c2ccccc2)cc1. The van der Waals surface area contributed by atoms with Crippen LogP contribution in [0.5, 0.6) is 0 Å². The first-order valence-corrected chi connectivity index (χ1v) is 15.0. The van der Waals surface area contributed by atoms with Gasteiger partial charge in [-0.25, -0.2) is 26.8 Å². The van der Waals surface area contributed by atoms with Crippen molar-refractivity contribution in [2.45, 2.75) is 22.6 Å². The van der Waals surface area contributed by atoms with E-state index in [1.54, 1.807) is 54.6 Å². The Bertz CT molecular complexity index is 1560. The maximum Gasteiger partial charge on any atom is 0.206 e. The quantitative estimate of drug-likeness (QED) is 0.334. The summed E-state index contributed by atoms with van der Waals surface area (Å²) in [5.74, 6) is 0.444. The van der Waals surface area contributed by atoms with Crippen LogP contribution in [0.1, 0.15) is 12.0 Å². The number of nitrogens with two attached hydrogens (primary N) is 1. The van der Waals surface area contributed by atoms with Gasteiger partial charge >= 0.3 is 0 Å². The molecule has 0 radical (unpaired) electrons. The second kappa shape index (κ2) is 10.6. The summed E-state index contributed by atoms with van der Waals surface area (Å²) in [6, 6.07) is 20.7. The van der Waals surface area contributed by atoms with Crippen molar-refractivity contribution in [2.75, 3.05) is 35.7 Å². The molecule has 188 valence electrons. The van der Waals surface area contributed by atoms with Crippen LogP contribution in [0.25, 0.3) is 10.9 Å². The van der Waals surface area contributed by atoms with Crippen LogP contribution in [0.4, 0.5) is 11.5 Å². The summed E-state index contributed by atoms with van der Waals surface area (Å²) >= 11 is 0. The number of aryl methyl sites for hydroxylation is 1. The number of benzene rings is 3. The molecule has 1 aromatic heterocycles. The average molecular weight is 525 g/mol. The number of rotatable bonds is 10. The Labute approximate surface area is 211 Å². The lowest BCUT2D eigenvalue weighted by Crippen LogP contribution is -2.30. The molecular formula is C26H28N4O4S2. The monoisotopic (exact) mass is 524 g/mol. The second-order valence-electron chi connectivity index (χ2n) is 8.64. The molecule has 4 aromatic rings. The Kier molecular flexibility index (Phi) is 7.56. The molecule has 0 fully saturated rings. The standard InChI is InChI=1S/C26H28N4O4S2/c1-35(31,32)17-16-30(15-5-6-20-9-14-24-25(18-20)28-19-29-26(24)27)21-10-12-23(13-11-21)36(33,34)22-7-3-2-4-8-22/h2-4,7-14,18-19H,5-6,15-17H2,1H3,(H2,27,28,29). The Morgan fingerprint density at radius 1 is 0.833 bits per heavy atom. The van der Waals surface area contributed by atoms with Gasteiger partial charge in [0.1, 0.15) is 22.0 Å². The van der Waals surface area contributed by atoms with Crippen LogP contribution in [0.15, 0.2) is 88.9 Å². The fourth-order valence-corrected chi connectivity index (χ4v) is 5.80. The smallest absolute Gasteiger partial charge is 0.206 e. The molecule has 3 aromatic carbocycles. The first-order valence-electron chi connectivity index (χ1n) is 11.5. The number of hydrogen-bond donors (Lipinski definition) is 1. The number of sulfone groups is 2. The molecule has 0 aliphatic carbocycles. The number of nitrogen functional groups attached to an aromatic ring is 1. The van der Waals surface area contributed by atoms with E-state index in [-0.39, 0.29) is 15.5 Å². The zero-order valence-corrected chi connectivity index (χ0v) is 21.5. The first kappa shape index (κ1) is 25.6. The van der Waals surface area contributed by atoms with Crippen molar-refractivity contribution >= 4 is 42.1 Å². The molecule has 0 atom stereocenters. The molecule has 0 saturated heterocycles. The predicted molar refractivity (Wildman–Crippen MR) is 143 cm³/mol. The molecule has 0 saturated carbocycles. The van der Waals surface area contributed by atoms with E-state index in [0.717, 1.165) is 35.0 Å². The molecule has 0 spiro atoms. The minimum absolute atomic E-state index is 0.00321. The van der Waals surface area contributed by atoms with Gasteiger partial charge in [0.25, 0.3) is 0 Å². The predicted octanol–water partition coefficient (Wildman–Crippen LogP) is 3.53. The number of nitrogens with zero attached hydrogens (tertiary/aromatic N) is 3. The molecule has 36 heavy (non-hydrogen) atoms. The van der Waals surface area contributed by atoms with Crippen molar-refractivity contribution in [3.05, 3.63) is 84.7 Å². The van der Waals surface area contributed by atoms with Crippen LogP contribution >= 0.6 is 0 Å². The fourth-order valence-electron chi connectivity index (χ4n) is 3.97. The van der Waals surface area contributed by atoms with Gasteiger partial charge in [-0.2, -0.15) is 0 Å². The van der Waals surface area contributed by atoms with Crippen LogP contribution < -0.4 is 10.6 Å². The van der Waals surface area contributed by atoms with E-state index in [1.165, 1.54) is 12.6 Å². The van der Waals surface area contributed by atoms with Crippen LogP contribution in [-0.4, -0.2) is 51.9 Å². The molecule has 4 rings (SSSR count). The normalized spacial score (nSPS) is 12.0. The summed E-state index contributed by atoms with van der Waals surface area (Å²) in [6.45, 7) is 0.912. The molecule has 0 aliphatic rings. The highest BCUT2D eigenvalue weighted by atomic mass is 32.2. The zero-order valence-electron chi connectivity index (χ0n) is 19.9. The van der Waals surface area contributed by atoms with Crippen molar-refractivity contribution in [3.8, 4) is 0 Å². The van der Waals surface area contributed by atoms with Crippen molar-refractivity contribution in [1.82, 2.24) is 9.97 Å². The summed E-state index contributed by atoms with van der Waals surface area (Å²) in [4.78, 5) is 10.7. The Morgan fingerprint density at radius 2 is 1.53 bits per heavy atom. The maximum atomic E-state index is 12.9. The molecule has 2 N–H and O–H groups in total. The summed E-state index contributed by atoms with van der Waals surface area (Å²) in [5, 5.41) is 0.807. The highest BCUT2D eigenvalue weighted by molar-refractivity contribution is 7.91. The van der Waals surface area contributed by atoms with Gasteiger partial charge in [-0.3, -0.25) is 0 Å². The highest BCUT2D eigenvalue weighted by Gasteiger charge is 2.18. The lowest BCUT2D eigenvalue weighted by molar-refractivity contribution is 0.595. The number of aromatic nitrogens is 2. The molecule has 10 heteroatoms. The molecular weight excluding hydrogens is 496 g/mol. The van der Waals surface area contributed by atoms with Gasteiger partial charge in [-0.05, 0) is 66.9 Å². The molecule has 0 unspecified atom stereocenters. The maximum absolute atomic E-state index is 12.9. The van der Waals surface area contributed by atoms with E-state index in [1.807, 2.05) is 23.1 Å². The molecule has 0 aliphatic heterocycles. The fraction of sp³-hybridized carbons (Fsp3) is 0.231.